The number of nitrogens with one attached hydrogen (secondary N) is 2. The standard InChI is InChI=1S/C30H28N2O3/c33-29(31-21-19-23-7-3-1-4-8-23)25-11-15-27(16-12-25)35-28-17-13-26(14-18-28)30(34)32-22-20-24-9-5-2-6-10-24/h1-18H,19-22H2,(H,31,33)(H,32,34). The Labute approximate surface area is 205 Å². The summed E-state index contributed by atoms with van der Waals surface area (Å²) in [4.78, 5) is 24.7. The number of carbonyl (C=O) groups is 2. The van der Waals surface area contributed by atoms with Crippen molar-refractivity contribution >= 4 is 11.8 Å². The number of hydrogen-bond donors (Lipinski definition) is 2. The number of benzene rings is 4. The third-order valence-corrected chi connectivity index (χ3v) is 5.55. The van der Waals surface area contributed by atoms with Gasteiger partial charge in [-0.05, 0) is 72.5 Å². The summed E-state index contributed by atoms with van der Waals surface area (Å²) in [6.07, 6.45) is 1.57. The molecule has 5 heteroatoms. The minimum Gasteiger partial charge on any atom is -0.457 e. The van der Waals surface area contributed by atoms with Crippen LogP contribution in [0.3, 0.4) is 0 Å². The van der Waals surface area contributed by atoms with Gasteiger partial charge in [-0.25, -0.2) is 0 Å². The number of hydrogen-bond acceptors (Lipinski definition) is 3. The summed E-state index contributed by atoms with van der Waals surface area (Å²) in [5.41, 5.74) is 3.53. The fraction of sp³-hybridized carbons (Fsp3) is 0.133. The van der Waals surface area contributed by atoms with Gasteiger partial charge in [0.25, 0.3) is 11.8 Å². The molecule has 0 bridgehead atoms. The highest BCUT2D eigenvalue weighted by molar-refractivity contribution is 5.94. The first-order valence-corrected chi connectivity index (χ1v) is 11.7. The summed E-state index contributed by atoms with van der Waals surface area (Å²) < 4.78 is 5.86. The Kier molecular flexibility index (Phi) is 8.28. The Balaban J connectivity index is 1.23. The molecule has 5 nitrogen and oxygen atoms in total. The highest BCUT2D eigenvalue weighted by Gasteiger charge is 2.08. The molecule has 0 spiro atoms. The molecule has 4 aromatic rings. The summed E-state index contributed by atoms with van der Waals surface area (Å²) in [7, 11) is 0. The molecule has 0 aliphatic carbocycles. The molecule has 0 aliphatic heterocycles. The van der Waals surface area contributed by atoms with Crippen LogP contribution in [0.1, 0.15) is 31.8 Å². The van der Waals surface area contributed by atoms with E-state index in [9.17, 15) is 9.59 Å². The van der Waals surface area contributed by atoms with Gasteiger partial charge in [0.2, 0.25) is 0 Å². The zero-order valence-electron chi connectivity index (χ0n) is 19.4. The molecular formula is C30H28N2O3. The molecule has 0 saturated carbocycles. The smallest absolute Gasteiger partial charge is 0.251 e. The second-order valence-electron chi connectivity index (χ2n) is 8.13. The van der Waals surface area contributed by atoms with E-state index in [0.717, 1.165) is 12.8 Å². The van der Waals surface area contributed by atoms with Gasteiger partial charge in [-0.2, -0.15) is 0 Å². The van der Waals surface area contributed by atoms with E-state index in [1.165, 1.54) is 11.1 Å². The zero-order chi connectivity index (χ0) is 24.3. The van der Waals surface area contributed by atoms with Crippen LogP contribution in [0.25, 0.3) is 0 Å². The largest absolute Gasteiger partial charge is 0.457 e. The lowest BCUT2D eigenvalue weighted by Gasteiger charge is -2.09. The summed E-state index contributed by atoms with van der Waals surface area (Å²) in [5.74, 6) is 1.00. The highest BCUT2D eigenvalue weighted by atomic mass is 16.5. The van der Waals surface area contributed by atoms with Crippen LogP contribution in [-0.4, -0.2) is 24.9 Å². The lowest BCUT2D eigenvalue weighted by atomic mass is 10.1. The molecule has 2 amide bonds. The third-order valence-electron chi connectivity index (χ3n) is 5.55. The monoisotopic (exact) mass is 464 g/mol. The van der Waals surface area contributed by atoms with Crippen molar-refractivity contribution in [2.45, 2.75) is 12.8 Å². The van der Waals surface area contributed by atoms with Crippen LogP contribution in [0.5, 0.6) is 11.5 Å². The molecule has 0 radical (unpaired) electrons. The second kappa shape index (κ2) is 12.2. The lowest BCUT2D eigenvalue weighted by Crippen LogP contribution is -2.25. The van der Waals surface area contributed by atoms with Crippen molar-refractivity contribution in [2.75, 3.05) is 13.1 Å². The number of rotatable bonds is 10. The molecule has 4 aromatic carbocycles. The van der Waals surface area contributed by atoms with Gasteiger partial charge >= 0.3 is 0 Å². The fourth-order valence-corrected chi connectivity index (χ4v) is 3.62. The molecular weight excluding hydrogens is 436 g/mol. The lowest BCUT2D eigenvalue weighted by molar-refractivity contribution is 0.0946. The molecule has 176 valence electrons. The molecule has 2 N–H and O–H groups in total. The summed E-state index contributed by atoms with van der Waals surface area (Å²) in [6.45, 7) is 1.15. The van der Waals surface area contributed by atoms with Crippen LogP contribution in [0.2, 0.25) is 0 Å². The average molecular weight is 465 g/mol. The van der Waals surface area contributed by atoms with E-state index in [4.69, 9.17) is 4.74 Å². The van der Waals surface area contributed by atoms with Crippen LogP contribution in [0.15, 0.2) is 109 Å². The van der Waals surface area contributed by atoms with Crippen molar-refractivity contribution in [2.24, 2.45) is 0 Å². The maximum atomic E-state index is 12.4. The van der Waals surface area contributed by atoms with Gasteiger partial charge in [-0.1, -0.05) is 60.7 Å². The van der Waals surface area contributed by atoms with E-state index in [0.29, 0.717) is 35.7 Å². The third kappa shape index (κ3) is 7.30. The molecule has 4 rings (SSSR count). The van der Waals surface area contributed by atoms with Crippen LogP contribution in [0, 0.1) is 0 Å². The molecule has 35 heavy (non-hydrogen) atoms. The number of carbonyl (C=O) groups excluding carboxylic acids is 2. The molecule has 0 heterocycles. The van der Waals surface area contributed by atoms with E-state index in [1.807, 2.05) is 60.7 Å². The number of amides is 2. The first-order valence-electron chi connectivity index (χ1n) is 11.7. The van der Waals surface area contributed by atoms with Crippen molar-refractivity contribution < 1.29 is 14.3 Å². The highest BCUT2D eigenvalue weighted by Crippen LogP contribution is 2.22. The SMILES string of the molecule is O=C(NCCc1ccccc1)c1ccc(Oc2ccc(C(=O)NCCc3ccccc3)cc2)cc1. The first kappa shape index (κ1) is 23.8. The predicted molar refractivity (Wildman–Crippen MR) is 138 cm³/mol. The number of ether oxygens (including phenoxy) is 1. The van der Waals surface area contributed by atoms with E-state index in [-0.39, 0.29) is 11.8 Å². The summed E-state index contributed by atoms with van der Waals surface area (Å²) >= 11 is 0. The fourth-order valence-electron chi connectivity index (χ4n) is 3.62. The normalized spacial score (nSPS) is 10.4. The van der Waals surface area contributed by atoms with Crippen LogP contribution < -0.4 is 15.4 Å². The van der Waals surface area contributed by atoms with Crippen molar-refractivity contribution in [1.29, 1.82) is 0 Å². The summed E-state index contributed by atoms with van der Waals surface area (Å²) in [6, 6.07) is 34.1. The Morgan fingerprint density at radius 2 is 0.886 bits per heavy atom. The first-order chi connectivity index (χ1) is 17.2. The van der Waals surface area contributed by atoms with E-state index >= 15 is 0 Å². The van der Waals surface area contributed by atoms with E-state index in [2.05, 4.69) is 10.6 Å². The van der Waals surface area contributed by atoms with Crippen LogP contribution in [-0.2, 0) is 12.8 Å². The van der Waals surface area contributed by atoms with Gasteiger partial charge < -0.3 is 15.4 Å². The van der Waals surface area contributed by atoms with Crippen molar-refractivity contribution in [1.82, 2.24) is 10.6 Å². The Morgan fingerprint density at radius 3 is 1.26 bits per heavy atom. The molecule has 0 fully saturated rings. The van der Waals surface area contributed by atoms with E-state index in [1.54, 1.807) is 48.5 Å². The quantitative estimate of drug-likeness (QED) is 0.329. The average Bonchev–Trinajstić information content (AvgIpc) is 2.90. The minimum absolute atomic E-state index is 0.116. The van der Waals surface area contributed by atoms with Crippen molar-refractivity contribution in [3.05, 3.63) is 131 Å². The van der Waals surface area contributed by atoms with Gasteiger partial charge in [-0.3, -0.25) is 9.59 Å². The molecule has 0 aliphatic rings. The molecule has 0 aromatic heterocycles. The molecule has 0 saturated heterocycles. The molecule has 0 unspecified atom stereocenters. The van der Waals surface area contributed by atoms with Gasteiger partial charge in [0.1, 0.15) is 11.5 Å². The maximum Gasteiger partial charge on any atom is 0.251 e. The zero-order valence-corrected chi connectivity index (χ0v) is 19.4. The van der Waals surface area contributed by atoms with Gasteiger partial charge in [0, 0.05) is 24.2 Å². The summed E-state index contributed by atoms with van der Waals surface area (Å²) in [5, 5.41) is 5.88. The Bertz CT molecular complexity index is 1120. The second-order valence-corrected chi connectivity index (χ2v) is 8.13. The van der Waals surface area contributed by atoms with Crippen molar-refractivity contribution in [3.8, 4) is 11.5 Å². The Morgan fingerprint density at radius 1 is 0.514 bits per heavy atom. The van der Waals surface area contributed by atoms with Gasteiger partial charge in [0.05, 0.1) is 0 Å². The van der Waals surface area contributed by atoms with Gasteiger partial charge in [-0.15, -0.1) is 0 Å². The van der Waals surface area contributed by atoms with Crippen LogP contribution in [0.4, 0.5) is 0 Å². The van der Waals surface area contributed by atoms with E-state index < -0.39 is 0 Å². The molecule has 0 atom stereocenters. The van der Waals surface area contributed by atoms with Crippen LogP contribution >= 0.6 is 0 Å². The maximum absolute atomic E-state index is 12.4. The predicted octanol–water partition coefficient (Wildman–Crippen LogP) is 5.42. The Hall–Kier alpha value is -4.38. The minimum atomic E-state index is -0.116. The van der Waals surface area contributed by atoms with Gasteiger partial charge in [0.15, 0.2) is 0 Å². The van der Waals surface area contributed by atoms with Crippen molar-refractivity contribution in [3.63, 3.8) is 0 Å². The topological polar surface area (TPSA) is 67.4 Å².